The first-order valence-electron chi connectivity index (χ1n) is 8.57. The van der Waals surface area contributed by atoms with E-state index in [4.69, 9.17) is 4.74 Å². The molecule has 1 amide bonds. The first-order chi connectivity index (χ1) is 13.2. The molecule has 0 aliphatic carbocycles. The van der Waals surface area contributed by atoms with Gasteiger partial charge in [-0.2, -0.15) is 0 Å². The SMILES string of the molecule is Cc1cccn2cc(COc3ccccc3C(=O)Nc3ccncc3)nc12. The van der Waals surface area contributed by atoms with Gasteiger partial charge in [0.05, 0.1) is 11.3 Å². The van der Waals surface area contributed by atoms with Gasteiger partial charge in [0.2, 0.25) is 0 Å². The number of aryl methyl sites for hydroxylation is 1. The fraction of sp³-hybridized carbons (Fsp3) is 0.0952. The molecule has 3 heterocycles. The minimum Gasteiger partial charge on any atom is -0.486 e. The summed E-state index contributed by atoms with van der Waals surface area (Å²) in [6.45, 7) is 2.30. The van der Waals surface area contributed by atoms with Crippen molar-refractivity contribution in [2.45, 2.75) is 13.5 Å². The van der Waals surface area contributed by atoms with Crippen LogP contribution < -0.4 is 10.1 Å². The third kappa shape index (κ3) is 3.64. The molecular formula is C21H18N4O2. The Kier molecular flexibility index (Phi) is 4.53. The van der Waals surface area contributed by atoms with Gasteiger partial charge >= 0.3 is 0 Å². The van der Waals surface area contributed by atoms with Gasteiger partial charge in [0.1, 0.15) is 18.0 Å². The van der Waals surface area contributed by atoms with Crippen molar-refractivity contribution < 1.29 is 9.53 Å². The van der Waals surface area contributed by atoms with E-state index in [2.05, 4.69) is 15.3 Å². The van der Waals surface area contributed by atoms with Gasteiger partial charge in [-0.1, -0.05) is 18.2 Å². The molecule has 0 bridgehead atoms. The zero-order chi connectivity index (χ0) is 18.6. The highest BCUT2D eigenvalue weighted by Crippen LogP contribution is 2.21. The molecule has 134 valence electrons. The number of nitrogens with one attached hydrogen (secondary N) is 1. The molecule has 0 spiro atoms. The summed E-state index contributed by atoms with van der Waals surface area (Å²) in [4.78, 5) is 21.1. The first-order valence-corrected chi connectivity index (χ1v) is 8.57. The second kappa shape index (κ2) is 7.29. The van der Waals surface area contributed by atoms with E-state index in [1.807, 2.05) is 48.0 Å². The van der Waals surface area contributed by atoms with Crippen molar-refractivity contribution in [3.05, 3.63) is 90.1 Å². The Morgan fingerprint density at radius 1 is 1.11 bits per heavy atom. The number of anilines is 1. The van der Waals surface area contributed by atoms with Crippen molar-refractivity contribution in [3.63, 3.8) is 0 Å². The summed E-state index contributed by atoms with van der Waals surface area (Å²) in [5.74, 6) is 0.278. The van der Waals surface area contributed by atoms with Gasteiger partial charge in [-0.3, -0.25) is 9.78 Å². The molecule has 4 rings (SSSR count). The quantitative estimate of drug-likeness (QED) is 0.588. The van der Waals surface area contributed by atoms with Crippen LogP contribution in [0.25, 0.3) is 5.65 Å². The number of ether oxygens (including phenoxy) is 1. The van der Waals surface area contributed by atoms with Crippen LogP contribution in [0.3, 0.4) is 0 Å². The molecule has 0 aliphatic rings. The van der Waals surface area contributed by atoms with Crippen molar-refractivity contribution in [1.82, 2.24) is 14.4 Å². The summed E-state index contributed by atoms with van der Waals surface area (Å²) in [5.41, 5.74) is 3.95. The van der Waals surface area contributed by atoms with E-state index in [1.165, 1.54) is 0 Å². The number of hydrogen-bond donors (Lipinski definition) is 1. The van der Waals surface area contributed by atoms with Crippen LogP contribution in [0.2, 0.25) is 0 Å². The van der Waals surface area contributed by atoms with Gasteiger partial charge in [0, 0.05) is 30.5 Å². The zero-order valence-electron chi connectivity index (χ0n) is 14.8. The number of pyridine rings is 2. The number of carbonyl (C=O) groups excluding carboxylic acids is 1. The molecule has 1 aromatic carbocycles. The molecule has 6 nitrogen and oxygen atoms in total. The summed E-state index contributed by atoms with van der Waals surface area (Å²) < 4.78 is 7.87. The van der Waals surface area contributed by atoms with Crippen molar-refractivity contribution in [1.29, 1.82) is 0 Å². The normalized spacial score (nSPS) is 10.7. The molecule has 0 saturated carbocycles. The summed E-state index contributed by atoms with van der Waals surface area (Å²) in [7, 11) is 0. The van der Waals surface area contributed by atoms with Crippen molar-refractivity contribution in [2.75, 3.05) is 5.32 Å². The molecule has 27 heavy (non-hydrogen) atoms. The van der Waals surface area contributed by atoms with Crippen LogP contribution in [-0.2, 0) is 6.61 Å². The van der Waals surface area contributed by atoms with Crippen LogP contribution in [0.5, 0.6) is 5.75 Å². The van der Waals surface area contributed by atoms with Gasteiger partial charge in [-0.25, -0.2) is 4.98 Å². The van der Waals surface area contributed by atoms with Gasteiger partial charge in [-0.15, -0.1) is 0 Å². The minimum absolute atomic E-state index is 0.234. The van der Waals surface area contributed by atoms with Gasteiger partial charge in [0.15, 0.2) is 0 Å². The number of para-hydroxylation sites is 1. The van der Waals surface area contributed by atoms with Crippen molar-refractivity contribution in [3.8, 4) is 5.75 Å². The largest absolute Gasteiger partial charge is 0.486 e. The third-order valence-electron chi connectivity index (χ3n) is 4.17. The van der Waals surface area contributed by atoms with Crippen LogP contribution in [0, 0.1) is 6.92 Å². The molecular weight excluding hydrogens is 340 g/mol. The summed E-state index contributed by atoms with van der Waals surface area (Å²) in [6, 6.07) is 14.6. The standard InChI is InChI=1S/C21H18N4O2/c1-15-5-4-12-25-13-17(23-20(15)25)14-27-19-7-3-2-6-18(19)21(26)24-16-8-10-22-11-9-16/h2-13H,14H2,1H3,(H,22,24,26). The molecule has 0 saturated heterocycles. The number of rotatable bonds is 5. The molecule has 0 aliphatic heterocycles. The average molecular weight is 358 g/mol. The smallest absolute Gasteiger partial charge is 0.259 e. The van der Waals surface area contributed by atoms with E-state index >= 15 is 0 Å². The number of hydrogen-bond acceptors (Lipinski definition) is 4. The van der Waals surface area contributed by atoms with Crippen molar-refractivity contribution in [2.24, 2.45) is 0 Å². The Labute approximate surface area is 156 Å². The number of benzene rings is 1. The predicted molar refractivity (Wildman–Crippen MR) is 103 cm³/mol. The van der Waals surface area contributed by atoms with E-state index in [-0.39, 0.29) is 12.5 Å². The summed E-state index contributed by atoms with van der Waals surface area (Å²) in [5, 5.41) is 2.85. The van der Waals surface area contributed by atoms with Gasteiger partial charge in [-0.05, 0) is 42.8 Å². The number of aromatic nitrogens is 3. The number of carbonyl (C=O) groups is 1. The summed E-state index contributed by atoms with van der Waals surface area (Å²) >= 11 is 0. The molecule has 4 aromatic rings. The van der Waals surface area contributed by atoms with E-state index < -0.39 is 0 Å². The van der Waals surface area contributed by atoms with Gasteiger partial charge < -0.3 is 14.5 Å². The predicted octanol–water partition coefficient (Wildman–Crippen LogP) is 3.87. The Balaban J connectivity index is 1.52. The van der Waals surface area contributed by atoms with Crippen LogP contribution in [0.15, 0.2) is 73.3 Å². The Morgan fingerprint density at radius 3 is 2.74 bits per heavy atom. The minimum atomic E-state index is -0.234. The maximum absolute atomic E-state index is 12.6. The van der Waals surface area contributed by atoms with Crippen LogP contribution in [0.1, 0.15) is 21.6 Å². The van der Waals surface area contributed by atoms with Crippen LogP contribution in [0.4, 0.5) is 5.69 Å². The van der Waals surface area contributed by atoms with E-state index in [0.717, 1.165) is 16.9 Å². The topological polar surface area (TPSA) is 68.5 Å². The average Bonchev–Trinajstić information content (AvgIpc) is 3.12. The first kappa shape index (κ1) is 16.8. The number of amides is 1. The molecule has 0 atom stereocenters. The Morgan fingerprint density at radius 2 is 1.93 bits per heavy atom. The lowest BCUT2D eigenvalue weighted by Crippen LogP contribution is -2.13. The second-order valence-electron chi connectivity index (χ2n) is 6.13. The highest BCUT2D eigenvalue weighted by molar-refractivity contribution is 6.06. The monoisotopic (exact) mass is 358 g/mol. The second-order valence-corrected chi connectivity index (χ2v) is 6.13. The molecule has 6 heteroatoms. The fourth-order valence-corrected chi connectivity index (χ4v) is 2.84. The van der Waals surface area contributed by atoms with Crippen LogP contribution >= 0.6 is 0 Å². The lowest BCUT2D eigenvalue weighted by Gasteiger charge is -2.11. The van der Waals surface area contributed by atoms with E-state index in [0.29, 0.717) is 17.0 Å². The Bertz CT molecular complexity index is 1090. The lowest BCUT2D eigenvalue weighted by molar-refractivity contribution is 0.102. The van der Waals surface area contributed by atoms with Crippen molar-refractivity contribution >= 4 is 17.2 Å². The maximum atomic E-state index is 12.6. The van der Waals surface area contributed by atoms with E-state index in [9.17, 15) is 4.79 Å². The number of imidazole rings is 1. The third-order valence-corrected chi connectivity index (χ3v) is 4.17. The van der Waals surface area contributed by atoms with E-state index in [1.54, 1.807) is 36.7 Å². The number of nitrogens with zero attached hydrogens (tertiary/aromatic N) is 3. The van der Waals surface area contributed by atoms with Gasteiger partial charge in [0.25, 0.3) is 5.91 Å². The molecule has 3 aromatic heterocycles. The molecule has 1 N–H and O–H groups in total. The summed E-state index contributed by atoms with van der Waals surface area (Å²) in [6.07, 6.45) is 7.14. The molecule has 0 unspecified atom stereocenters. The lowest BCUT2D eigenvalue weighted by atomic mass is 10.2. The molecule has 0 fully saturated rings. The zero-order valence-corrected chi connectivity index (χ0v) is 14.8. The highest BCUT2D eigenvalue weighted by Gasteiger charge is 2.13. The number of fused-ring (bicyclic) bond motifs is 1. The highest BCUT2D eigenvalue weighted by atomic mass is 16.5. The fourth-order valence-electron chi connectivity index (χ4n) is 2.84. The van der Waals surface area contributed by atoms with Crippen LogP contribution in [-0.4, -0.2) is 20.3 Å². The maximum Gasteiger partial charge on any atom is 0.259 e. The molecule has 0 radical (unpaired) electrons. The Hall–Kier alpha value is -3.67.